The Morgan fingerprint density at radius 1 is 0.359 bits per heavy atom. The Balaban J connectivity index is 1.16. The van der Waals surface area contributed by atoms with E-state index in [0.29, 0.717) is 17.6 Å². The lowest BCUT2D eigenvalue weighted by Gasteiger charge is -2.42. The Hall–Kier alpha value is -7.63. The van der Waals surface area contributed by atoms with Crippen molar-refractivity contribution in [1.82, 2.24) is 24.1 Å². The van der Waals surface area contributed by atoms with Crippen LogP contribution in [0.2, 0.25) is 0 Å². The van der Waals surface area contributed by atoms with E-state index in [2.05, 4.69) is 207 Å². The van der Waals surface area contributed by atoms with Gasteiger partial charge in [0.1, 0.15) is 0 Å². The van der Waals surface area contributed by atoms with Crippen molar-refractivity contribution < 1.29 is 0 Å². The van der Waals surface area contributed by atoms with Crippen LogP contribution in [-0.4, -0.2) is 24.1 Å². The van der Waals surface area contributed by atoms with Crippen LogP contribution in [0.5, 0.6) is 0 Å². The van der Waals surface area contributed by atoms with Gasteiger partial charge in [-0.25, -0.2) is 4.98 Å². The highest BCUT2D eigenvalue weighted by molar-refractivity contribution is 6.29. The summed E-state index contributed by atoms with van der Waals surface area (Å²) in [6.07, 6.45) is 2.25. The van der Waals surface area contributed by atoms with Crippen molar-refractivity contribution in [3.8, 4) is 34.4 Å². The van der Waals surface area contributed by atoms with Crippen molar-refractivity contribution in [2.75, 3.05) is 0 Å². The molecule has 1 aliphatic rings. The molecule has 0 saturated heterocycles. The molecule has 0 aliphatic heterocycles. The van der Waals surface area contributed by atoms with Gasteiger partial charge in [-0.05, 0) is 116 Å². The average Bonchev–Trinajstić information content (AvgIpc) is 3.85. The van der Waals surface area contributed by atoms with Crippen LogP contribution in [0.15, 0.2) is 176 Å². The van der Waals surface area contributed by atoms with E-state index in [1.54, 1.807) is 0 Å². The van der Waals surface area contributed by atoms with Gasteiger partial charge in [0.05, 0.1) is 22.1 Å². The van der Waals surface area contributed by atoms with Gasteiger partial charge in [-0.3, -0.25) is 4.57 Å². The molecule has 0 atom stereocenters. The number of benzene rings is 9. The molecular weight excluding hydrogens is 779 g/mol. The quantitative estimate of drug-likeness (QED) is 0.166. The molecule has 5 heteroatoms. The Kier molecular flexibility index (Phi) is 7.76. The monoisotopic (exact) mass is 823 g/mol. The smallest absolute Gasteiger partial charge is 0.238 e. The predicted molar refractivity (Wildman–Crippen MR) is 267 cm³/mol. The number of aromatic nitrogens is 5. The molecular formula is C59H45N5. The van der Waals surface area contributed by atoms with Crippen molar-refractivity contribution in [2.45, 2.75) is 51.4 Å². The molecule has 12 aromatic rings. The molecule has 1 aliphatic carbocycles. The number of hydrogen-bond donors (Lipinski definition) is 0. The number of rotatable bonds is 4. The molecule has 0 fully saturated rings. The van der Waals surface area contributed by atoms with E-state index in [1.165, 1.54) is 76.0 Å². The standard InChI is InChI=1S/C59H45N5/c1-58(2)31-32-59(3,4)48-35-52-46(34-47(48)58)54-51(30-29-50-53(54)44-25-15-16-26-49(44)63(50)38-19-9-6-10-20-38)64(52)57-61-55(36-17-7-5-8-18-36)60-56(62-57)37-27-28-43-41-23-12-11-21-39(41)40-22-13-14-24-42(40)45(43)33-37/h5-30,33-35H,31-32H2,1-4H3. The zero-order valence-corrected chi connectivity index (χ0v) is 36.4. The minimum absolute atomic E-state index is 0.00349. The van der Waals surface area contributed by atoms with E-state index in [0.717, 1.165) is 40.7 Å². The first-order chi connectivity index (χ1) is 31.2. The minimum Gasteiger partial charge on any atom is -0.309 e. The van der Waals surface area contributed by atoms with Gasteiger partial charge >= 0.3 is 0 Å². The third kappa shape index (κ3) is 5.34. The minimum atomic E-state index is -0.00349. The molecule has 0 bridgehead atoms. The Bertz CT molecular complexity index is 3860. The van der Waals surface area contributed by atoms with Gasteiger partial charge in [0.25, 0.3) is 0 Å². The molecule has 0 spiro atoms. The highest BCUT2D eigenvalue weighted by atomic mass is 15.2. The second-order valence-corrected chi connectivity index (χ2v) is 19.1. The number of fused-ring (bicyclic) bond motifs is 14. The van der Waals surface area contributed by atoms with Crippen LogP contribution in [0.4, 0.5) is 0 Å². The summed E-state index contributed by atoms with van der Waals surface area (Å²) in [6.45, 7) is 9.66. The van der Waals surface area contributed by atoms with Crippen LogP contribution in [0.3, 0.4) is 0 Å². The molecule has 0 unspecified atom stereocenters. The van der Waals surface area contributed by atoms with Crippen LogP contribution < -0.4 is 0 Å². The molecule has 306 valence electrons. The van der Waals surface area contributed by atoms with Gasteiger partial charge in [-0.2, -0.15) is 9.97 Å². The van der Waals surface area contributed by atoms with Crippen molar-refractivity contribution in [2.24, 2.45) is 0 Å². The molecule has 5 nitrogen and oxygen atoms in total. The van der Waals surface area contributed by atoms with E-state index >= 15 is 0 Å². The van der Waals surface area contributed by atoms with E-state index < -0.39 is 0 Å². The first-order valence-electron chi connectivity index (χ1n) is 22.5. The first-order valence-corrected chi connectivity index (χ1v) is 22.5. The van der Waals surface area contributed by atoms with Gasteiger partial charge in [0, 0.05) is 38.4 Å². The molecule has 3 aromatic heterocycles. The lowest BCUT2D eigenvalue weighted by atomic mass is 9.63. The molecule has 3 heterocycles. The third-order valence-electron chi connectivity index (χ3n) is 14.4. The molecule has 0 radical (unpaired) electrons. The van der Waals surface area contributed by atoms with Crippen LogP contribution in [0.25, 0.3) is 110 Å². The summed E-state index contributed by atoms with van der Waals surface area (Å²) in [5.74, 6) is 1.88. The van der Waals surface area contributed by atoms with Crippen molar-refractivity contribution >= 4 is 75.9 Å². The molecule has 0 saturated carbocycles. The lowest BCUT2D eigenvalue weighted by Crippen LogP contribution is -2.33. The maximum atomic E-state index is 5.53. The van der Waals surface area contributed by atoms with E-state index in [4.69, 9.17) is 15.0 Å². The summed E-state index contributed by atoms with van der Waals surface area (Å²) in [5.41, 5.74) is 10.4. The Morgan fingerprint density at radius 3 is 1.52 bits per heavy atom. The molecule has 0 N–H and O–H groups in total. The second-order valence-electron chi connectivity index (χ2n) is 19.1. The Morgan fingerprint density at radius 2 is 0.859 bits per heavy atom. The van der Waals surface area contributed by atoms with Crippen molar-refractivity contribution in [3.05, 3.63) is 187 Å². The molecule has 64 heavy (non-hydrogen) atoms. The summed E-state index contributed by atoms with van der Waals surface area (Å²) in [5, 5.41) is 12.2. The first kappa shape index (κ1) is 37.0. The summed E-state index contributed by atoms with van der Waals surface area (Å²) in [6, 6.07) is 63.7. The van der Waals surface area contributed by atoms with Gasteiger partial charge in [0.15, 0.2) is 11.6 Å². The largest absolute Gasteiger partial charge is 0.309 e. The van der Waals surface area contributed by atoms with Gasteiger partial charge in [0.2, 0.25) is 5.95 Å². The average molecular weight is 824 g/mol. The van der Waals surface area contributed by atoms with E-state index in [-0.39, 0.29) is 10.8 Å². The van der Waals surface area contributed by atoms with Crippen molar-refractivity contribution in [3.63, 3.8) is 0 Å². The highest BCUT2D eigenvalue weighted by Gasteiger charge is 2.38. The SMILES string of the molecule is CC1(C)CCC(C)(C)c2cc3c(cc21)c1c2c4ccccc4n(-c4ccccc4)c2ccc1n3-c1nc(-c2ccccc2)nc(-c2ccc3c4ccccc4c4ccccc4c3c2)n1. The topological polar surface area (TPSA) is 48.5 Å². The van der Waals surface area contributed by atoms with Crippen molar-refractivity contribution in [1.29, 1.82) is 0 Å². The zero-order chi connectivity index (χ0) is 42.9. The number of hydrogen-bond acceptors (Lipinski definition) is 3. The van der Waals surface area contributed by atoms with Gasteiger partial charge < -0.3 is 4.57 Å². The molecule has 13 rings (SSSR count). The normalized spacial score (nSPS) is 14.7. The fourth-order valence-corrected chi connectivity index (χ4v) is 11.1. The summed E-state index contributed by atoms with van der Waals surface area (Å²) in [4.78, 5) is 16.3. The van der Waals surface area contributed by atoms with Gasteiger partial charge in [-0.15, -0.1) is 0 Å². The van der Waals surface area contributed by atoms with Crippen LogP contribution >= 0.6 is 0 Å². The maximum Gasteiger partial charge on any atom is 0.238 e. The number of para-hydroxylation sites is 2. The van der Waals surface area contributed by atoms with Crippen LogP contribution in [0, 0.1) is 0 Å². The van der Waals surface area contributed by atoms with Gasteiger partial charge in [-0.1, -0.05) is 155 Å². The summed E-state index contributed by atoms with van der Waals surface area (Å²) >= 11 is 0. The fourth-order valence-electron chi connectivity index (χ4n) is 11.1. The molecule has 9 aromatic carbocycles. The lowest BCUT2D eigenvalue weighted by molar-refractivity contribution is 0.332. The van der Waals surface area contributed by atoms with E-state index in [1.807, 2.05) is 6.07 Å². The van der Waals surface area contributed by atoms with E-state index in [9.17, 15) is 0 Å². The fraction of sp³-hybridized carbons (Fsp3) is 0.136. The maximum absolute atomic E-state index is 5.53. The zero-order valence-electron chi connectivity index (χ0n) is 36.4. The Labute approximate surface area is 371 Å². The summed E-state index contributed by atoms with van der Waals surface area (Å²) < 4.78 is 4.75. The third-order valence-corrected chi connectivity index (χ3v) is 14.4. The van der Waals surface area contributed by atoms with Crippen LogP contribution in [-0.2, 0) is 10.8 Å². The predicted octanol–water partition coefficient (Wildman–Crippen LogP) is 15.2. The number of nitrogens with zero attached hydrogens (tertiary/aromatic N) is 5. The molecule has 0 amide bonds. The highest BCUT2D eigenvalue weighted by Crippen LogP contribution is 2.50. The second kappa shape index (κ2) is 13.4. The summed E-state index contributed by atoms with van der Waals surface area (Å²) in [7, 11) is 0. The van der Waals surface area contributed by atoms with Crippen LogP contribution in [0.1, 0.15) is 51.7 Å².